The molecule has 3 aromatic rings. The van der Waals surface area contributed by atoms with Gasteiger partial charge in [-0.1, -0.05) is 29.8 Å². The molecule has 4 nitrogen and oxygen atoms in total. The van der Waals surface area contributed by atoms with Crippen LogP contribution in [-0.4, -0.2) is 15.7 Å². The number of benzene rings is 2. The Hall–Kier alpha value is -2.66. The van der Waals surface area contributed by atoms with Crippen LogP contribution in [0.25, 0.3) is 5.69 Å². The molecule has 120 valence electrons. The molecule has 0 bridgehead atoms. The Morgan fingerprint density at radius 1 is 1.12 bits per heavy atom. The zero-order chi connectivity index (χ0) is 16.7. The molecule has 0 saturated heterocycles. The third-order valence-corrected chi connectivity index (χ3v) is 4.52. The molecule has 24 heavy (non-hydrogen) atoms. The van der Waals surface area contributed by atoms with Gasteiger partial charge >= 0.3 is 0 Å². The van der Waals surface area contributed by atoms with E-state index in [1.54, 1.807) is 23.0 Å². The molecule has 4 rings (SSSR count). The number of carbonyl (C=O) groups excluding carboxylic acids is 1. The Kier molecular flexibility index (Phi) is 3.58. The van der Waals surface area contributed by atoms with Gasteiger partial charge in [0.2, 0.25) is 5.91 Å². The van der Waals surface area contributed by atoms with E-state index in [1.165, 1.54) is 12.1 Å². The van der Waals surface area contributed by atoms with E-state index in [1.807, 2.05) is 24.3 Å². The van der Waals surface area contributed by atoms with Crippen molar-refractivity contribution in [2.75, 3.05) is 5.32 Å². The zero-order valence-corrected chi connectivity index (χ0v) is 13.3. The van der Waals surface area contributed by atoms with Crippen molar-refractivity contribution in [2.45, 2.75) is 12.3 Å². The van der Waals surface area contributed by atoms with E-state index in [0.717, 1.165) is 11.1 Å². The molecule has 0 saturated carbocycles. The summed E-state index contributed by atoms with van der Waals surface area (Å²) in [5.41, 5.74) is 2.47. The standard InChI is InChI=1S/C18H13ClFN3O/c19-16-4-2-1-3-13(16)14-9-17(24)22-18-15(14)10-21-23(18)12-7-5-11(20)6-8-12/h1-8,10,14H,9H2,(H,22,24)/t14-/m0/s1. The molecular formula is C18H13ClFN3O. The molecule has 2 aromatic carbocycles. The van der Waals surface area contributed by atoms with E-state index in [2.05, 4.69) is 10.4 Å². The van der Waals surface area contributed by atoms with Crippen LogP contribution in [0.2, 0.25) is 5.02 Å². The quantitative estimate of drug-likeness (QED) is 0.761. The Morgan fingerprint density at radius 3 is 2.62 bits per heavy atom. The molecule has 1 atom stereocenters. The van der Waals surface area contributed by atoms with Gasteiger partial charge in [-0.05, 0) is 35.9 Å². The molecule has 0 radical (unpaired) electrons. The molecule has 0 spiro atoms. The van der Waals surface area contributed by atoms with Crippen molar-refractivity contribution in [2.24, 2.45) is 0 Å². The van der Waals surface area contributed by atoms with Crippen LogP contribution in [0, 0.1) is 5.82 Å². The van der Waals surface area contributed by atoms with Crippen molar-refractivity contribution in [3.8, 4) is 5.69 Å². The van der Waals surface area contributed by atoms with Crippen molar-refractivity contribution < 1.29 is 9.18 Å². The van der Waals surface area contributed by atoms with Gasteiger partial charge < -0.3 is 5.32 Å². The summed E-state index contributed by atoms with van der Waals surface area (Å²) in [6.45, 7) is 0. The van der Waals surface area contributed by atoms with Gasteiger partial charge in [0, 0.05) is 22.9 Å². The van der Waals surface area contributed by atoms with E-state index in [0.29, 0.717) is 22.9 Å². The minimum absolute atomic E-state index is 0.101. The predicted octanol–water partition coefficient (Wildman–Crippen LogP) is 4.14. The summed E-state index contributed by atoms with van der Waals surface area (Å²) in [5.74, 6) is 0.0217. The Morgan fingerprint density at radius 2 is 1.88 bits per heavy atom. The Labute approximate surface area is 142 Å². The molecule has 2 heterocycles. The van der Waals surface area contributed by atoms with Gasteiger partial charge in [0.15, 0.2) is 0 Å². The second-order valence-corrected chi connectivity index (χ2v) is 6.07. The number of halogens is 2. The number of anilines is 1. The smallest absolute Gasteiger partial charge is 0.226 e. The monoisotopic (exact) mass is 341 g/mol. The number of nitrogens with zero attached hydrogens (tertiary/aromatic N) is 2. The molecule has 0 unspecified atom stereocenters. The number of amides is 1. The molecule has 1 aromatic heterocycles. The van der Waals surface area contributed by atoms with E-state index < -0.39 is 0 Å². The predicted molar refractivity (Wildman–Crippen MR) is 90.1 cm³/mol. The fraction of sp³-hybridized carbons (Fsp3) is 0.111. The van der Waals surface area contributed by atoms with E-state index in [-0.39, 0.29) is 17.6 Å². The lowest BCUT2D eigenvalue weighted by Gasteiger charge is -2.24. The van der Waals surface area contributed by atoms with E-state index in [4.69, 9.17) is 11.6 Å². The molecule has 1 amide bonds. The summed E-state index contributed by atoms with van der Waals surface area (Å²) in [6, 6.07) is 13.5. The average molecular weight is 342 g/mol. The maximum absolute atomic E-state index is 13.1. The first-order chi connectivity index (χ1) is 11.6. The van der Waals surface area contributed by atoms with Crippen LogP contribution in [0.3, 0.4) is 0 Å². The zero-order valence-electron chi connectivity index (χ0n) is 12.5. The van der Waals surface area contributed by atoms with Gasteiger partial charge in [-0.3, -0.25) is 4.79 Å². The number of fused-ring (bicyclic) bond motifs is 1. The van der Waals surface area contributed by atoms with Crippen LogP contribution in [0.5, 0.6) is 0 Å². The fourth-order valence-corrected chi connectivity index (χ4v) is 3.30. The maximum Gasteiger partial charge on any atom is 0.226 e. The molecule has 0 fully saturated rings. The van der Waals surface area contributed by atoms with Gasteiger partial charge in [0.05, 0.1) is 11.9 Å². The average Bonchev–Trinajstić information content (AvgIpc) is 2.99. The SMILES string of the molecule is O=C1C[C@@H](c2ccccc2Cl)c2cnn(-c3ccc(F)cc3)c2N1. The van der Waals surface area contributed by atoms with Crippen LogP contribution >= 0.6 is 11.6 Å². The molecule has 6 heteroatoms. The first kappa shape index (κ1) is 14.9. The van der Waals surface area contributed by atoms with Crippen molar-refractivity contribution in [3.05, 3.63) is 76.7 Å². The van der Waals surface area contributed by atoms with Crippen molar-refractivity contribution in [1.82, 2.24) is 9.78 Å². The van der Waals surface area contributed by atoms with Crippen LogP contribution < -0.4 is 5.32 Å². The van der Waals surface area contributed by atoms with Gasteiger partial charge in [0.25, 0.3) is 0 Å². The van der Waals surface area contributed by atoms with E-state index in [9.17, 15) is 9.18 Å². The van der Waals surface area contributed by atoms with Crippen molar-refractivity contribution in [1.29, 1.82) is 0 Å². The normalized spacial score (nSPS) is 16.6. The van der Waals surface area contributed by atoms with Crippen LogP contribution in [0.1, 0.15) is 23.5 Å². The van der Waals surface area contributed by atoms with Crippen LogP contribution in [-0.2, 0) is 4.79 Å². The second-order valence-electron chi connectivity index (χ2n) is 5.66. The van der Waals surface area contributed by atoms with Gasteiger partial charge in [-0.15, -0.1) is 0 Å². The highest BCUT2D eigenvalue weighted by atomic mass is 35.5. The van der Waals surface area contributed by atoms with Crippen LogP contribution in [0.15, 0.2) is 54.7 Å². The minimum atomic E-state index is -0.322. The second kappa shape index (κ2) is 5.76. The third kappa shape index (κ3) is 2.47. The molecule has 1 N–H and O–H groups in total. The topological polar surface area (TPSA) is 46.9 Å². The highest BCUT2D eigenvalue weighted by molar-refractivity contribution is 6.31. The number of aromatic nitrogens is 2. The number of hydrogen-bond acceptors (Lipinski definition) is 2. The number of nitrogens with one attached hydrogen (secondary N) is 1. The summed E-state index contributed by atoms with van der Waals surface area (Å²) < 4.78 is 14.8. The molecule has 1 aliphatic rings. The minimum Gasteiger partial charge on any atom is -0.310 e. The van der Waals surface area contributed by atoms with Gasteiger partial charge in [0.1, 0.15) is 11.6 Å². The lowest BCUT2D eigenvalue weighted by atomic mass is 9.87. The first-order valence-electron chi connectivity index (χ1n) is 7.51. The highest BCUT2D eigenvalue weighted by Crippen LogP contribution is 2.40. The maximum atomic E-state index is 13.1. The Balaban J connectivity index is 1.83. The summed E-state index contributed by atoms with van der Waals surface area (Å²) in [7, 11) is 0. The summed E-state index contributed by atoms with van der Waals surface area (Å²) >= 11 is 6.31. The first-order valence-corrected chi connectivity index (χ1v) is 7.89. The Bertz CT molecular complexity index is 920. The van der Waals surface area contributed by atoms with Gasteiger partial charge in [-0.2, -0.15) is 5.10 Å². The number of rotatable bonds is 2. The summed E-state index contributed by atoms with van der Waals surface area (Å²) in [5, 5.41) is 7.86. The number of hydrogen-bond donors (Lipinski definition) is 1. The molecule has 0 aliphatic carbocycles. The van der Waals surface area contributed by atoms with Crippen LogP contribution in [0.4, 0.5) is 10.2 Å². The summed E-state index contributed by atoms with van der Waals surface area (Å²) in [6.07, 6.45) is 2.04. The van der Waals surface area contributed by atoms with Gasteiger partial charge in [-0.25, -0.2) is 9.07 Å². The third-order valence-electron chi connectivity index (χ3n) is 4.17. The number of carbonyl (C=O) groups is 1. The van der Waals surface area contributed by atoms with E-state index >= 15 is 0 Å². The van der Waals surface area contributed by atoms with Crippen molar-refractivity contribution >= 4 is 23.3 Å². The summed E-state index contributed by atoms with van der Waals surface area (Å²) in [4.78, 5) is 12.2. The van der Waals surface area contributed by atoms with Crippen molar-refractivity contribution in [3.63, 3.8) is 0 Å². The fourth-order valence-electron chi connectivity index (χ4n) is 3.03. The molecule has 1 aliphatic heterocycles. The highest BCUT2D eigenvalue weighted by Gasteiger charge is 2.31. The lowest BCUT2D eigenvalue weighted by Crippen LogP contribution is -2.24. The lowest BCUT2D eigenvalue weighted by molar-refractivity contribution is -0.116. The molecular weight excluding hydrogens is 329 g/mol. The largest absolute Gasteiger partial charge is 0.310 e.